The molecule has 0 saturated carbocycles. The molecule has 1 aromatic carbocycles. The SMILES string of the molecule is Cc1cc(=O)n(Cc2ccccc2C#N)cc1[N+](=O)[O-]. The summed E-state index contributed by atoms with van der Waals surface area (Å²) in [6, 6.07) is 10.1. The van der Waals surface area contributed by atoms with E-state index in [0.717, 1.165) is 0 Å². The Labute approximate surface area is 114 Å². The lowest BCUT2D eigenvalue weighted by Crippen LogP contribution is -2.21. The summed E-state index contributed by atoms with van der Waals surface area (Å²) in [5, 5.41) is 19.9. The first-order chi connectivity index (χ1) is 9.52. The van der Waals surface area contributed by atoms with Gasteiger partial charge in [0, 0.05) is 11.6 Å². The third kappa shape index (κ3) is 2.57. The van der Waals surface area contributed by atoms with E-state index in [0.29, 0.717) is 16.7 Å². The van der Waals surface area contributed by atoms with Crippen molar-refractivity contribution >= 4 is 5.69 Å². The van der Waals surface area contributed by atoms with Crippen LogP contribution in [-0.2, 0) is 6.54 Å². The normalized spacial score (nSPS) is 10.0. The van der Waals surface area contributed by atoms with E-state index in [4.69, 9.17) is 5.26 Å². The maximum atomic E-state index is 11.9. The molecule has 0 bridgehead atoms. The number of nitro groups is 1. The summed E-state index contributed by atoms with van der Waals surface area (Å²) in [5.74, 6) is 0. The molecule has 1 heterocycles. The second-order valence-electron chi connectivity index (χ2n) is 4.33. The zero-order valence-corrected chi connectivity index (χ0v) is 10.7. The lowest BCUT2D eigenvalue weighted by Gasteiger charge is -2.08. The molecule has 0 radical (unpaired) electrons. The predicted molar refractivity (Wildman–Crippen MR) is 72.4 cm³/mol. The molecule has 0 atom stereocenters. The van der Waals surface area contributed by atoms with Crippen molar-refractivity contribution in [1.29, 1.82) is 5.26 Å². The highest BCUT2D eigenvalue weighted by molar-refractivity contribution is 5.39. The van der Waals surface area contributed by atoms with Crippen molar-refractivity contribution in [3.05, 3.63) is 73.7 Å². The molecule has 0 spiro atoms. The largest absolute Gasteiger partial charge is 0.304 e. The highest BCUT2D eigenvalue weighted by atomic mass is 16.6. The minimum absolute atomic E-state index is 0.112. The van der Waals surface area contributed by atoms with Crippen LogP contribution >= 0.6 is 0 Å². The van der Waals surface area contributed by atoms with Crippen molar-refractivity contribution in [3.63, 3.8) is 0 Å². The molecule has 1 aromatic heterocycles. The second kappa shape index (κ2) is 5.36. The topological polar surface area (TPSA) is 88.9 Å². The van der Waals surface area contributed by atoms with Gasteiger partial charge in [0.25, 0.3) is 11.2 Å². The summed E-state index contributed by atoms with van der Waals surface area (Å²) in [6.45, 7) is 1.65. The maximum absolute atomic E-state index is 11.9. The first kappa shape index (κ1) is 13.5. The van der Waals surface area contributed by atoms with E-state index in [1.54, 1.807) is 24.3 Å². The van der Waals surface area contributed by atoms with Crippen LogP contribution in [0.1, 0.15) is 16.7 Å². The van der Waals surface area contributed by atoms with Gasteiger partial charge in [-0.3, -0.25) is 14.9 Å². The molecule has 0 N–H and O–H groups in total. The van der Waals surface area contributed by atoms with Gasteiger partial charge in [-0.1, -0.05) is 18.2 Å². The van der Waals surface area contributed by atoms with E-state index in [9.17, 15) is 14.9 Å². The summed E-state index contributed by atoms with van der Waals surface area (Å²) in [7, 11) is 0. The molecule has 0 aliphatic carbocycles. The van der Waals surface area contributed by atoms with Crippen LogP contribution in [0.15, 0.2) is 41.3 Å². The Balaban J connectivity index is 2.49. The number of pyridine rings is 1. The Morgan fingerprint density at radius 1 is 1.40 bits per heavy atom. The molecular formula is C14H11N3O3. The number of hydrogen-bond donors (Lipinski definition) is 0. The van der Waals surface area contributed by atoms with Gasteiger partial charge in [-0.15, -0.1) is 0 Å². The fourth-order valence-electron chi connectivity index (χ4n) is 1.92. The average molecular weight is 269 g/mol. The van der Waals surface area contributed by atoms with E-state index in [2.05, 4.69) is 0 Å². The Morgan fingerprint density at radius 3 is 2.75 bits per heavy atom. The van der Waals surface area contributed by atoms with Gasteiger partial charge in [-0.05, 0) is 18.6 Å². The molecule has 6 nitrogen and oxygen atoms in total. The zero-order chi connectivity index (χ0) is 14.7. The van der Waals surface area contributed by atoms with Crippen molar-refractivity contribution in [2.75, 3.05) is 0 Å². The number of aryl methyl sites for hydroxylation is 1. The molecule has 0 amide bonds. The van der Waals surface area contributed by atoms with E-state index in [1.807, 2.05) is 6.07 Å². The molecule has 0 aliphatic heterocycles. The Morgan fingerprint density at radius 2 is 2.10 bits per heavy atom. The molecule has 0 saturated heterocycles. The monoisotopic (exact) mass is 269 g/mol. The van der Waals surface area contributed by atoms with Crippen LogP contribution in [-0.4, -0.2) is 9.49 Å². The zero-order valence-electron chi connectivity index (χ0n) is 10.7. The van der Waals surface area contributed by atoms with Crippen LogP contribution in [0.3, 0.4) is 0 Å². The minimum Gasteiger partial charge on any atom is -0.304 e. The van der Waals surface area contributed by atoms with Crippen molar-refractivity contribution < 1.29 is 4.92 Å². The van der Waals surface area contributed by atoms with Crippen LogP contribution in [0, 0.1) is 28.4 Å². The van der Waals surface area contributed by atoms with E-state index in [1.165, 1.54) is 23.8 Å². The van der Waals surface area contributed by atoms with Crippen LogP contribution in [0.2, 0.25) is 0 Å². The standard InChI is InChI=1S/C14H11N3O3/c1-10-6-14(18)16(9-13(10)17(19)20)8-12-5-3-2-4-11(12)7-15/h2-6,9H,8H2,1H3. The third-order valence-corrected chi connectivity index (χ3v) is 2.98. The Hall–Kier alpha value is -2.94. The fourth-order valence-corrected chi connectivity index (χ4v) is 1.92. The first-order valence-corrected chi connectivity index (χ1v) is 5.86. The quantitative estimate of drug-likeness (QED) is 0.629. The minimum atomic E-state index is -0.526. The van der Waals surface area contributed by atoms with E-state index < -0.39 is 4.92 Å². The van der Waals surface area contributed by atoms with Crippen molar-refractivity contribution in [3.8, 4) is 6.07 Å². The molecule has 100 valence electrons. The number of benzene rings is 1. The smallest absolute Gasteiger partial charge is 0.288 e. The molecule has 2 rings (SSSR count). The van der Waals surface area contributed by atoms with Crippen molar-refractivity contribution in [2.24, 2.45) is 0 Å². The van der Waals surface area contributed by atoms with Crippen molar-refractivity contribution in [1.82, 2.24) is 4.57 Å². The number of rotatable bonds is 3. The number of hydrogen-bond acceptors (Lipinski definition) is 4. The molecule has 20 heavy (non-hydrogen) atoms. The highest BCUT2D eigenvalue weighted by Crippen LogP contribution is 2.15. The lowest BCUT2D eigenvalue weighted by molar-refractivity contribution is -0.385. The van der Waals surface area contributed by atoms with E-state index >= 15 is 0 Å². The van der Waals surface area contributed by atoms with Gasteiger partial charge >= 0.3 is 0 Å². The van der Waals surface area contributed by atoms with Crippen LogP contribution in [0.25, 0.3) is 0 Å². The molecule has 6 heteroatoms. The summed E-state index contributed by atoms with van der Waals surface area (Å²) in [4.78, 5) is 22.2. The van der Waals surface area contributed by atoms with Crippen LogP contribution < -0.4 is 5.56 Å². The van der Waals surface area contributed by atoms with Crippen LogP contribution in [0.4, 0.5) is 5.69 Å². The number of nitrogens with zero attached hydrogens (tertiary/aromatic N) is 3. The number of aromatic nitrogens is 1. The average Bonchev–Trinajstić information content (AvgIpc) is 2.42. The Bertz CT molecular complexity index is 772. The molecule has 2 aromatic rings. The lowest BCUT2D eigenvalue weighted by atomic mass is 10.1. The predicted octanol–water partition coefficient (Wildman–Crippen LogP) is 1.98. The van der Waals surface area contributed by atoms with E-state index in [-0.39, 0.29) is 17.8 Å². The van der Waals surface area contributed by atoms with Gasteiger partial charge in [0.05, 0.1) is 29.3 Å². The number of nitriles is 1. The van der Waals surface area contributed by atoms with Gasteiger partial charge in [0.15, 0.2) is 0 Å². The summed E-state index contributed by atoms with van der Waals surface area (Å²) in [5.41, 5.74) is 0.975. The highest BCUT2D eigenvalue weighted by Gasteiger charge is 2.14. The maximum Gasteiger partial charge on any atom is 0.288 e. The van der Waals surface area contributed by atoms with Gasteiger partial charge in [-0.2, -0.15) is 5.26 Å². The first-order valence-electron chi connectivity index (χ1n) is 5.86. The van der Waals surface area contributed by atoms with Crippen LogP contribution in [0.5, 0.6) is 0 Å². The molecule has 0 unspecified atom stereocenters. The van der Waals surface area contributed by atoms with Gasteiger partial charge < -0.3 is 4.57 Å². The summed E-state index contributed by atoms with van der Waals surface area (Å²) >= 11 is 0. The fraction of sp³-hybridized carbons (Fsp3) is 0.143. The molecule has 0 aliphatic rings. The second-order valence-corrected chi connectivity index (χ2v) is 4.33. The Kier molecular flexibility index (Phi) is 3.62. The molecular weight excluding hydrogens is 258 g/mol. The van der Waals surface area contributed by atoms with Gasteiger partial charge in [-0.25, -0.2) is 0 Å². The van der Waals surface area contributed by atoms with Gasteiger partial charge in [0.1, 0.15) is 0 Å². The summed E-state index contributed by atoms with van der Waals surface area (Å²) < 4.78 is 1.24. The van der Waals surface area contributed by atoms with Crippen molar-refractivity contribution in [2.45, 2.75) is 13.5 Å². The third-order valence-electron chi connectivity index (χ3n) is 2.98. The molecule has 0 fully saturated rings. The van der Waals surface area contributed by atoms with Gasteiger partial charge in [0.2, 0.25) is 0 Å². The summed E-state index contributed by atoms with van der Waals surface area (Å²) in [6.07, 6.45) is 1.21.